The van der Waals surface area contributed by atoms with Crippen LogP contribution in [0.4, 0.5) is 8.78 Å². The van der Waals surface area contributed by atoms with Crippen LogP contribution in [0.15, 0.2) is 16.6 Å². The minimum absolute atomic E-state index is 0.0519. The monoisotopic (exact) mass is 321 g/mol. The Morgan fingerprint density at radius 2 is 1.94 bits per heavy atom. The van der Waals surface area contributed by atoms with Crippen molar-refractivity contribution >= 4 is 15.9 Å². The third-order valence-electron chi connectivity index (χ3n) is 2.74. The van der Waals surface area contributed by atoms with Crippen LogP contribution in [-0.2, 0) is 4.74 Å². The average molecular weight is 322 g/mol. The molecule has 1 aromatic carbocycles. The second kappa shape index (κ2) is 6.45. The quantitative estimate of drug-likeness (QED) is 0.795. The first-order chi connectivity index (χ1) is 8.66. The predicted octanol–water partition coefficient (Wildman–Crippen LogP) is 2.44. The SMILES string of the molecule is Fc1cc(OCCN2CCOCC2)c(F)cc1Br. The van der Waals surface area contributed by atoms with Gasteiger partial charge in [-0.1, -0.05) is 0 Å². The van der Waals surface area contributed by atoms with Gasteiger partial charge in [0.1, 0.15) is 12.4 Å². The van der Waals surface area contributed by atoms with Gasteiger partial charge in [0.15, 0.2) is 11.6 Å². The molecule has 1 heterocycles. The number of hydrogen-bond donors (Lipinski definition) is 0. The smallest absolute Gasteiger partial charge is 0.166 e. The van der Waals surface area contributed by atoms with E-state index in [2.05, 4.69) is 20.8 Å². The van der Waals surface area contributed by atoms with Gasteiger partial charge in [-0.15, -0.1) is 0 Å². The molecule has 0 aliphatic carbocycles. The van der Waals surface area contributed by atoms with Crippen molar-refractivity contribution in [3.8, 4) is 5.75 Å². The van der Waals surface area contributed by atoms with Crippen LogP contribution in [0.25, 0.3) is 0 Å². The zero-order valence-electron chi connectivity index (χ0n) is 9.79. The molecule has 1 aromatic rings. The van der Waals surface area contributed by atoms with E-state index in [1.807, 2.05) is 0 Å². The highest BCUT2D eigenvalue weighted by Gasteiger charge is 2.12. The van der Waals surface area contributed by atoms with Crippen molar-refractivity contribution in [3.05, 3.63) is 28.2 Å². The van der Waals surface area contributed by atoms with E-state index in [4.69, 9.17) is 9.47 Å². The molecule has 0 saturated carbocycles. The van der Waals surface area contributed by atoms with Crippen LogP contribution in [0.1, 0.15) is 0 Å². The molecule has 0 amide bonds. The summed E-state index contributed by atoms with van der Waals surface area (Å²) in [6.45, 7) is 4.13. The van der Waals surface area contributed by atoms with E-state index in [0.717, 1.165) is 25.2 Å². The molecule has 1 fully saturated rings. The third-order valence-corrected chi connectivity index (χ3v) is 3.35. The normalized spacial score (nSPS) is 16.8. The van der Waals surface area contributed by atoms with E-state index in [1.54, 1.807) is 0 Å². The van der Waals surface area contributed by atoms with E-state index >= 15 is 0 Å². The third kappa shape index (κ3) is 3.63. The Morgan fingerprint density at radius 3 is 2.67 bits per heavy atom. The van der Waals surface area contributed by atoms with Gasteiger partial charge in [0, 0.05) is 25.7 Å². The lowest BCUT2D eigenvalue weighted by Crippen LogP contribution is -2.38. The maximum atomic E-state index is 13.4. The Labute approximate surface area is 113 Å². The Hall–Kier alpha value is -0.720. The summed E-state index contributed by atoms with van der Waals surface area (Å²) in [4.78, 5) is 2.16. The summed E-state index contributed by atoms with van der Waals surface area (Å²) in [5, 5.41) is 0. The lowest BCUT2D eigenvalue weighted by molar-refractivity contribution is 0.0320. The molecule has 1 aliphatic rings. The lowest BCUT2D eigenvalue weighted by Gasteiger charge is -2.26. The molecule has 0 aromatic heterocycles. The van der Waals surface area contributed by atoms with Crippen LogP contribution < -0.4 is 4.74 Å². The van der Waals surface area contributed by atoms with E-state index < -0.39 is 11.6 Å². The summed E-state index contributed by atoms with van der Waals surface area (Å²) in [6.07, 6.45) is 0. The second-order valence-corrected chi connectivity index (χ2v) is 4.85. The fourth-order valence-electron chi connectivity index (χ4n) is 1.72. The zero-order chi connectivity index (χ0) is 13.0. The summed E-state index contributed by atoms with van der Waals surface area (Å²) in [5.74, 6) is -1.15. The minimum Gasteiger partial charge on any atom is -0.489 e. The molecule has 0 bridgehead atoms. The fraction of sp³-hybridized carbons (Fsp3) is 0.500. The highest BCUT2D eigenvalue weighted by atomic mass is 79.9. The molecule has 6 heteroatoms. The first-order valence-corrected chi connectivity index (χ1v) is 6.53. The van der Waals surface area contributed by atoms with Crippen molar-refractivity contribution in [2.75, 3.05) is 39.5 Å². The van der Waals surface area contributed by atoms with E-state index in [-0.39, 0.29) is 10.2 Å². The van der Waals surface area contributed by atoms with Gasteiger partial charge in [-0.25, -0.2) is 8.78 Å². The number of benzene rings is 1. The van der Waals surface area contributed by atoms with Crippen molar-refractivity contribution < 1.29 is 18.3 Å². The minimum atomic E-state index is -0.565. The zero-order valence-corrected chi connectivity index (χ0v) is 11.4. The van der Waals surface area contributed by atoms with Crippen LogP contribution in [0.3, 0.4) is 0 Å². The van der Waals surface area contributed by atoms with Gasteiger partial charge in [0.2, 0.25) is 0 Å². The standard InChI is InChI=1S/C12H14BrF2NO2/c13-9-7-11(15)12(8-10(9)14)18-6-3-16-1-4-17-5-2-16/h7-8H,1-6H2. The van der Waals surface area contributed by atoms with Crippen LogP contribution in [0.2, 0.25) is 0 Å². The molecular formula is C12H14BrF2NO2. The summed E-state index contributed by atoms with van der Waals surface area (Å²) in [6, 6.07) is 2.12. The van der Waals surface area contributed by atoms with Crippen molar-refractivity contribution in [2.24, 2.45) is 0 Å². The molecule has 0 spiro atoms. The molecule has 1 aliphatic heterocycles. The molecule has 18 heavy (non-hydrogen) atoms. The maximum Gasteiger partial charge on any atom is 0.166 e. The van der Waals surface area contributed by atoms with Crippen LogP contribution in [-0.4, -0.2) is 44.4 Å². The van der Waals surface area contributed by atoms with Gasteiger partial charge < -0.3 is 9.47 Å². The predicted molar refractivity (Wildman–Crippen MR) is 66.8 cm³/mol. The molecular weight excluding hydrogens is 308 g/mol. The number of nitrogens with zero attached hydrogens (tertiary/aromatic N) is 1. The summed E-state index contributed by atoms with van der Waals surface area (Å²) in [5.41, 5.74) is 0. The van der Waals surface area contributed by atoms with Crippen molar-refractivity contribution in [3.63, 3.8) is 0 Å². The highest BCUT2D eigenvalue weighted by Crippen LogP contribution is 2.24. The number of morpholine rings is 1. The largest absolute Gasteiger partial charge is 0.489 e. The van der Waals surface area contributed by atoms with E-state index in [9.17, 15) is 8.78 Å². The molecule has 0 unspecified atom stereocenters. The Bertz CT molecular complexity index is 411. The number of ether oxygens (including phenoxy) is 2. The van der Waals surface area contributed by atoms with Gasteiger partial charge in [-0.3, -0.25) is 4.90 Å². The number of hydrogen-bond acceptors (Lipinski definition) is 3. The van der Waals surface area contributed by atoms with Crippen LogP contribution >= 0.6 is 15.9 Å². The molecule has 0 N–H and O–H groups in total. The molecule has 2 rings (SSSR count). The first kappa shape index (κ1) is 13.7. The Balaban J connectivity index is 1.84. The van der Waals surface area contributed by atoms with Gasteiger partial charge in [-0.05, 0) is 22.0 Å². The Kier molecular flexibility index (Phi) is 4.91. The topological polar surface area (TPSA) is 21.7 Å². The summed E-state index contributed by atoms with van der Waals surface area (Å²) < 4.78 is 37.2. The van der Waals surface area contributed by atoms with Crippen LogP contribution in [0.5, 0.6) is 5.75 Å². The van der Waals surface area contributed by atoms with Gasteiger partial charge in [0.25, 0.3) is 0 Å². The molecule has 0 atom stereocenters. The van der Waals surface area contributed by atoms with Gasteiger partial charge in [0.05, 0.1) is 17.7 Å². The molecule has 0 radical (unpaired) electrons. The fourth-order valence-corrected chi connectivity index (χ4v) is 2.04. The van der Waals surface area contributed by atoms with Gasteiger partial charge >= 0.3 is 0 Å². The number of halogens is 3. The van der Waals surface area contributed by atoms with Crippen LogP contribution in [0, 0.1) is 11.6 Å². The molecule has 1 saturated heterocycles. The maximum absolute atomic E-state index is 13.4. The number of rotatable bonds is 4. The summed E-state index contributed by atoms with van der Waals surface area (Å²) in [7, 11) is 0. The van der Waals surface area contributed by atoms with E-state index in [0.29, 0.717) is 26.4 Å². The highest BCUT2D eigenvalue weighted by molar-refractivity contribution is 9.10. The van der Waals surface area contributed by atoms with Crippen molar-refractivity contribution in [1.82, 2.24) is 4.90 Å². The van der Waals surface area contributed by atoms with Gasteiger partial charge in [-0.2, -0.15) is 0 Å². The second-order valence-electron chi connectivity index (χ2n) is 4.00. The lowest BCUT2D eigenvalue weighted by atomic mass is 10.3. The average Bonchev–Trinajstić information content (AvgIpc) is 2.37. The summed E-state index contributed by atoms with van der Waals surface area (Å²) >= 11 is 2.92. The Morgan fingerprint density at radius 1 is 1.22 bits per heavy atom. The first-order valence-electron chi connectivity index (χ1n) is 5.74. The molecule has 100 valence electrons. The van der Waals surface area contributed by atoms with Crippen molar-refractivity contribution in [1.29, 1.82) is 0 Å². The van der Waals surface area contributed by atoms with E-state index in [1.165, 1.54) is 0 Å². The molecule has 3 nitrogen and oxygen atoms in total. The van der Waals surface area contributed by atoms with Crippen molar-refractivity contribution in [2.45, 2.75) is 0 Å².